The zero-order valence-corrected chi connectivity index (χ0v) is 8.95. The van der Waals surface area contributed by atoms with E-state index in [-0.39, 0.29) is 5.91 Å². The first-order valence-electron chi connectivity index (χ1n) is 5.00. The highest BCUT2D eigenvalue weighted by Gasteiger charge is 2.23. The Hall–Kier alpha value is -1.36. The molecule has 0 unspecified atom stereocenters. The molecule has 0 radical (unpaired) electrons. The van der Waals surface area contributed by atoms with Crippen LogP contribution in [0.1, 0.15) is 21.8 Å². The Morgan fingerprint density at radius 3 is 2.53 bits per heavy atom. The number of rotatable bonds is 1. The zero-order chi connectivity index (χ0) is 10.8. The van der Waals surface area contributed by atoms with Crippen LogP contribution in [0.2, 0.25) is 0 Å². The van der Waals surface area contributed by atoms with E-state index in [4.69, 9.17) is 9.26 Å². The maximum absolute atomic E-state index is 12.0. The second-order valence-electron chi connectivity index (χ2n) is 3.62. The van der Waals surface area contributed by atoms with Crippen LogP contribution in [0.3, 0.4) is 0 Å². The van der Waals surface area contributed by atoms with Gasteiger partial charge in [-0.25, -0.2) is 0 Å². The first kappa shape index (κ1) is 10.2. The van der Waals surface area contributed by atoms with E-state index in [0.29, 0.717) is 37.8 Å². The molecule has 1 amide bonds. The van der Waals surface area contributed by atoms with Crippen LogP contribution in [0, 0.1) is 13.8 Å². The number of ether oxygens (including phenoxy) is 1. The average molecular weight is 210 g/mol. The molecule has 2 heterocycles. The highest BCUT2D eigenvalue weighted by Crippen LogP contribution is 2.14. The normalized spacial score (nSPS) is 16.8. The third-order valence-electron chi connectivity index (χ3n) is 2.66. The fraction of sp³-hybridized carbons (Fsp3) is 0.600. The van der Waals surface area contributed by atoms with Crippen LogP contribution in [0.4, 0.5) is 0 Å². The molecule has 0 N–H and O–H groups in total. The zero-order valence-electron chi connectivity index (χ0n) is 8.95. The summed E-state index contributed by atoms with van der Waals surface area (Å²) in [6, 6.07) is 0. The lowest BCUT2D eigenvalue weighted by atomic mass is 10.2. The van der Waals surface area contributed by atoms with Crippen LogP contribution < -0.4 is 0 Å². The van der Waals surface area contributed by atoms with Gasteiger partial charge in [-0.15, -0.1) is 0 Å². The minimum Gasteiger partial charge on any atom is -0.378 e. The lowest BCUT2D eigenvalue weighted by Gasteiger charge is -2.26. The number of aryl methyl sites for hydroxylation is 1. The first-order valence-corrected chi connectivity index (χ1v) is 5.00. The van der Waals surface area contributed by atoms with Crippen molar-refractivity contribution in [2.24, 2.45) is 0 Å². The molecule has 1 saturated heterocycles. The number of carbonyl (C=O) groups excluding carboxylic acids is 1. The molecule has 0 atom stereocenters. The molecule has 1 fully saturated rings. The molecule has 0 spiro atoms. The maximum atomic E-state index is 12.0. The van der Waals surface area contributed by atoms with Crippen LogP contribution in [-0.2, 0) is 4.74 Å². The minimum absolute atomic E-state index is 0.0624. The van der Waals surface area contributed by atoms with Crippen molar-refractivity contribution in [2.75, 3.05) is 26.3 Å². The number of aromatic nitrogens is 1. The van der Waals surface area contributed by atoms with Gasteiger partial charge in [0, 0.05) is 18.7 Å². The van der Waals surface area contributed by atoms with Crippen molar-refractivity contribution in [3.63, 3.8) is 0 Å². The smallest absolute Gasteiger partial charge is 0.276 e. The van der Waals surface area contributed by atoms with Gasteiger partial charge in [0.1, 0.15) is 5.76 Å². The lowest BCUT2D eigenvalue weighted by molar-refractivity contribution is 0.0296. The van der Waals surface area contributed by atoms with Gasteiger partial charge < -0.3 is 14.2 Å². The van der Waals surface area contributed by atoms with Crippen molar-refractivity contribution >= 4 is 5.91 Å². The summed E-state index contributed by atoms with van der Waals surface area (Å²) in [5.74, 6) is 0.638. The summed E-state index contributed by atoms with van der Waals surface area (Å²) in [6.07, 6.45) is 0. The molecular weight excluding hydrogens is 196 g/mol. The Balaban J connectivity index is 2.16. The van der Waals surface area contributed by atoms with Gasteiger partial charge in [0.05, 0.1) is 13.2 Å². The first-order chi connectivity index (χ1) is 7.20. The van der Waals surface area contributed by atoms with Gasteiger partial charge in [0.15, 0.2) is 5.69 Å². The third-order valence-corrected chi connectivity index (χ3v) is 2.66. The molecule has 0 bridgehead atoms. The highest BCUT2D eigenvalue weighted by atomic mass is 16.5. The van der Waals surface area contributed by atoms with Gasteiger partial charge in [-0.05, 0) is 13.8 Å². The van der Waals surface area contributed by atoms with Crippen molar-refractivity contribution in [3.8, 4) is 0 Å². The van der Waals surface area contributed by atoms with Crippen LogP contribution in [0.25, 0.3) is 0 Å². The second kappa shape index (κ2) is 4.02. The van der Waals surface area contributed by atoms with E-state index < -0.39 is 0 Å². The van der Waals surface area contributed by atoms with Gasteiger partial charge >= 0.3 is 0 Å². The van der Waals surface area contributed by atoms with Crippen molar-refractivity contribution < 1.29 is 14.1 Å². The minimum atomic E-state index is -0.0624. The molecule has 15 heavy (non-hydrogen) atoms. The Bertz CT molecular complexity index is 367. The summed E-state index contributed by atoms with van der Waals surface area (Å²) in [6.45, 7) is 6.11. The summed E-state index contributed by atoms with van der Waals surface area (Å²) in [7, 11) is 0. The van der Waals surface area contributed by atoms with Crippen LogP contribution >= 0.6 is 0 Å². The highest BCUT2D eigenvalue weighted by molar-refractivity contribution is 5.93. The SMILES string of the molecule is Cc1onc(C(=O)N2CCOCC2)c1C. The topological polar surface area (TPSA) is 55.6 Å². The monoisotopic (exact) mass is 210 g/mol. The van der Waals surface area contributed by atoms with E-state index in [2.05, 4.69) is 5.16 Å². The Labute approximate surface area is 88.0 Å². The molecule has 1 aromatic heterocycles. The summed E-state index contributed by atoms with van der Waals surface area (Å²) < 4.78 is 10.2. The predicted octanol–water partition coefficient (Wildman–Crippen LogP) is 0.764. The predicted molar refractivity (Wildman–Crippen MR) is 52.7 cm³/mol. The maximum Gasteiger partial charge on any atom is 0.276 e. The number of carbonyl (C=O) groups is 1. The van der Waals surface area contributed by atoms with Crippen molar-refractivity contribution in [3.05, 3.63) is 17.0 Å². The number of morpholine rings is 1. The van der Waals surface area contributed by atoms with Crippen LogP contribution in [-0.4, -0.2) is 42.3 Å². The van der Waals surface area contributed by atoms with Gasteiger partial charge in [-0.1, -0.05) is 5.16 Å². The Kier molecular flexibility index (Phi) is 2.73. The Morgan fingerprint density at radius 2 is 2.00 bits per heavy atom. The molecule has 1 aromatic rings. The van der Waals surface area contributed by atoms with Crippen molar-refractivity contribution in [1.82, 2.24) is 10.1 Å². The van der Waals surface area contributed by atoms with Gasteiger partial charge in [0.25, 0.3) is 5.91 Å². The number of hydrogen-bond donors (Lipinski definition) is 0. The number of nitrogens with zero attached hydrogens (tertiary/aromatic N) is 2. The third kappa shape index (κ3) is 1.87. The molecule has 0 aromatic carbocycles. The number of amides is 1. The van der Waals surface area contributed by atoms with Crippen LogP contribution in [0.15, 0.2) is 4.52 Å². The Morgan fingerprint density at radius 1 is 1.33 bits per heavy atom. The van der Waals surface area contributed by atoms with Crippen molar-refractivity contribution in [1.29, 1.82) is 0 Å². The molecular formula is C10H14N2O3. The average Bonchev–Trinajstić information content (AvgIpc) is 2.60. The van der Waals surface area contributed by atoms with Gasteiger partial charge in [-0.2, -0.15) is 0 Å². The molecule has 2 rings (SSSR count). The van der Waals surface area contributed by atoms with Gasteiger partial charge in [-0.3, -0.25) is 4.79 Å². The molecule has 0 saturated carbocycles. The van der Waals surface area contributed by atoms with E-state index in [1.54, 1.807) is 11.8 Å². The fourth-order valence-corrected chi connectivity index (χ4v) is 1.53. The van der Waals surface area contributed by atoms with Crippen molar-refractivity contribution in [2.45, 2.75) is 13.8 Å². The fourth-order valence-electron chi connectivity index (χ4n) is 1.53. The quantitative estimate of drug-likeness (QED) is 0.686. The standard InChI is InChI=1S/C10H14N2O3/c1-7-8(2)15-11-9(7)10(13)12-3-5-14-6-4-12/h3-6H2,1-2H3. The summed E-state index contributed by atoms with van der Waals surface area (Å²) >= 11 is 0. The molecule has 82 valence electrons. The summed E-state index contributed by atoms with van der Waals surface area (Å²) in [5.41, 5.74) is 1.25. The van der Waals surface area contributed by atoms with Crippen LogP contribution in [0.5, 0.6) is 0 Å². The second-order valence-corrected chi connectivity index (χ2v) is 3.62. The molecule has 5 heteroatoms. The largest absolute Gasteiger partial charge is 0.378 e. The molecule has 0 aliphatic carbocycles. The molecule has 1 aliphatic rings. The van der Waals surface area contributed by atoms with Gasteiger partial charge in [0.2, 0.25) is 0 Å². The lowest BCUT2D eigenvalue weighted by Crippen LogP contribution is -2.41. The van der Waals surface area contributed by atoms with E-state index in [1.165, 1.54) is 0 Å². The summed E-state index contributed by atoms with van der Waals surface area (Å²) in [4.78, 5) is 13.7. The number of hydrogen-bond acceptors (Lipinski definition) is 4. The van der Waals surface area contributed by atoms with E-state index in [1.807, 2.05) is 6.92 Å². The van der Waals surface area contributed by atoms with E-state index in [9.17, 15) is 4.79 Å². The summed E-state index contributed by atoms with van der Waals surface area (Å²) in [5, 5.41) is 3.78. The van der Waals surface area contributed by atoms with E-state index in [0.717, 1.165) is 5.56 Å². The molecule has 1 aliphatic heterocycles. The van der Waals surface area contributed by atoms with E-state index >= 15 is 0 Å². The molecule has 5 nitrogen and oxygen atoms in total.